The number of thioether (sulfide) groups is 2. The Hall–Kier alpha value is -0.120. The third-order valence-electron chi connectivity index (χ3n) is 4.42. The van der Waals surface area contributed by atoms with Crippen molar-refractivity contribution in [3.05, 3.63) is 35.4 Å². The van der Waals surface area contributed by atoms with E-state index in [1.807, 2.05) is 0 Å². The molecule has 0 bridgehead atoms. The Balaban J connectivity index is 1.62. The molecule has 0 amide bonds. The standard InChI is InChI=1S/C16H23NS2/c1-18-14-8-6-13(7-9-14)17-16-11-19-10-12-4-2-3-5-15(12)16/h2-5,13-14,16-17H,6-11H2,1H3. The number of benzene rings is 1. The van der Waals surface area contributed by atoms with Crippen LogP contribution in [0.15, 0.2) is 24.3 Å². The molecule has 1 fully saturated rings. The van der Waals surface area contributed by atoms with Crippen LogP contribution in [0.2, 0.25) is 0 Å². The van der Waals surface area contributed by atoms with Gasteiger partial charge in [0.15, 0.2) is 0 Å². The summed E-state index contributed by atoms with van der Waals surface area (Å²) in [7, 11) is 0. The third-order valence-corrected chi connectivity index (χ3v) is 6.64. The van der Waals surface area contributed by atoms with E-state index in [9.17, 15) is 0 Å². The first-order valence-electron chi connectivity index (χ1n) is 7.31. The highest BCUT2D eigenvalue weighted by molar-refractivity contribution is 7.99. The van der Waals surface area contributed by atoms with Gasteiger partial charge in [0.05, 0.1) is 0 Å². The van der Waals surface area contributed by atoms with Crippen LogP contribution in [0.1, 0.15) is 42.9 Å². The minimum atomic E-state index is 0.575. The molecule has 1 aliphatic heterocycles. The normalized spacial score (nSPS) is 30.9. The van der Waals surface area contributed by atoms with Gasteiger partial charge in [-0.15, -0.1) is 0 Å². The summed E-state index contributed by atoms with van der Waals surface area (Å²) < 4.78 is 0. The second-order valence-electron chi connectivity index (χ2n) is 5.64. The molecule has 1 saturated carbocycles. The second-order valence-corrected chi connectivity index (χ2v) is 7.81. The predicted molar refractivity (Wildman–Crippen MR) is 88.0 cm³/mol. The summed E-state index contributed by atoms with van der Waals surface area (Å²) in [6.45, 7) is 0. The van der Waals surface area contributed by atoms with E-state index in [4.69, 9.17) is 0 Å². The summed E-state index contributed by atoms with van der Waals surface area (Å²) >= 11 is 4.12. The van der Waals surface area contributed by atoms with Crippen LogP contribution in [0, 0.1) is 0 Å². The van der Waals surface area contributed by atoms with Crippen LogP contribution in [0.5, 0.6) is 0 Å². The van der Waals surface area contributed by atoms with Crippen molar-refractivity contribution in [1.82, 2.24) is 5.32 Å². The van der Waals surface area contributed by atoms with Crippen molar-refractivity contribution >= 4 is 23.5 Å². The summed E-state index contributed by atoms with van der Waals surface area (Å²) in [4.78, 5) is 0. The van der Waals surface area contributed by atoms with E-state index in [0.717, 1.165) is 11.3 Å². The Bertz CT molecular complexity index is 413. The molecule has 0 saturated heterocycles. The van der Waals surface area contributed by atoms with Gasteiger partial charge in [-0.05, 0) is 43.1 Å². The quantitative estimate of drug-likeness (QED) is 0.895. The van der Waals surface area contributed by atoms with Crippen LogP contribution in [0.4, 0.5) is 0 Å². The zero-order valence-electron chi connectivity index (χ0n) is 11.6. The maximum atomic E-state index is 3.93. The van der Waals surface area contributed by atoms with Gasteiger partial charge in [-0.2, -0.15) is 23.5 Å². The molecule has 1 atom stereocenters. The number of hydrogen-bond acceptors (Lipinski definition) is 3. The fraction of sp³-hybridized carbons (Fsp3) is 0.625. The summed E-state index contributed by atoms with van der Waals surface area (Å²) in [6.07, 6.45) is 7.75. The molecular weight excluding hydrogens is 270 g/mol. The van der Waals surface area contributed by atoms with Crippen LogP contribution >= 0.6 is 23.5 Å². The lowest BCUT2D eigenvalue weighted by molar-refractivity contribution is 0.353. The van der Waals surface area contributed by atoms with Gasteiger partial charge in [-0.25, -0.2) is 0 Å². The topological polar surface area (TPSA) is 12.0 Å². The first-order chi connectivity index (χ1) is 9.36. The first kappa shape index (κ1) is 13.8. The van der Waals surface area contributed by atoms with Crippen LogP contribution in [-0.2, 0) is 5.75 Å². The summed E-state index contributed by atoms with van der Waals surface area (Å²) in [6, 6.07) is 10.3. The first-order valence-corrected chi connectivity index (χ1v) is 9.75. The third kappa shape index (κ3) is 3.32. The lowest BCUT2D eigenvalue weighted by Gasteiger charge is -2.34. The van der Waals surface area contributed by atoms with E-state index in [1.54, 1.807) is 5.56 Å². The number of hydrogen-bond donors (Lipinski definition) is 1. The van der Waals surface area contributed by atoms with Gasteiger partial charge in [-0.1, -0.05) is 24.3 Å². The van der Waals surface area contributed by atoms with Crippen LogP contribution in [0.25, 0.3) is 0 Å². The van der Waals surface area contributed by atoms with Crippen LogP contribution < -0.4 is 5.32 Å². The van der Waals surface area contributed by atoms with Gasteiger partial charge in [0, 0.05) is 28.8 Å². The van der Waals surface area contributed by atoms with Gasteiger partial charge in [-0.3, -0.25) is 0 Å². The van der Waals surface area contributed by atoms with Crippen molar-refractivity contribution in [2.45, 2.75) is 48.8 Å². The molecule has 3 heteroatoms. The Morgan fingerprint density at radius 2 is 1.95 bits per heavy atom. The minimum Gasteiger partial charge on any atom is -0.306 e. The van der Waals surface area contributed by atoms with Crippen molar-refractivity contribution < 1.29 is 0 Å². The molecule has 2 aliphatic rings. The minimum absolute atomic E-state index is 0.575. The Morgan fingerprint density at radius 1 is 1.16 bits per heavy atom. The molecule has 0 spiro atoms. The highest BCUT2D eigenvalue weighted by Gasteiger charge is 2.25. The zero-order valence-corrected chi connectivity index (χ0v) is 13.2. The van der Waals surface area contributed by atoms with Gasteiger partial charge >= 0.3 is 0 Å². The highest BCUT2D eigenvalue weighted by atomic mass is 32.2. The molecule has 1 unspecified atom stereocenters. The SMILES string of the molecule is CSC1CCC(NC2CSCc3ccccc32)CC1. The number of fused-ring (bicyclic) bond motifs is 1. The fourth-order valence-electron chi connectivity index (χ4n) is 3.27. The van der Waals surface area contributed by atoms with E-state index in [-0.39, 0.29) is 0 Å². The maximum Gasteiger partial charge on any atom is 0.0417 e. The van der Waals surface area contributed by atoms with E-state index in [0.29, 0.717) is 6.04 Å². The van der Waals surface area contributed by atoms with Crippen LogP contribution in [0.3, 0.4) is 0 Å². The van der Waals surface area contributed by atoms with E-state index in [1.165, 1.54) is 42.8 Å². The molecule has 1 nitrogen and oxygen atoms in total. The Labute approximate surface area is 125 Å². The smallest absolute Gasteiger partial charge is 0.0417 e. The van der Waals surface area contributed by atoms with Crippen molar-refractivity contribution in [2.75, 3.05) is 12.0 Å². The summed E-state index contributed by atoms with van der Waals surface area (Å²) in [5, 5.41) is 4.84. The van der Waals surface area contributed by atoms with Crippen molar-refractivity contribution in [2.24, 2.45) is 0 Å². The van der Waals surface area contributed by atoms with Gasteiger partial charge < -0.3 is 5.32 Å². The summed E-state index contributed by atoms with van der Waals surface area (Å²) in [5.41, 5.74) is 3.09. The van der Waals surface area contributed by atoms with Crippen LogP contribution in [-0.4, -0.2) is 23.3 Å². The molecule has 1 N–H and O–H groups in total. The average Bonchev–Trinajstić information content (AvgIpc) is 2.48. The van der Waals surface area contributed by atoms with Gasteiger partial charge in [0.2, 0.25) is 0 Å². The van der Waals surface area contributed by atoms with Crippen molar-refractivity contribution in [1.29, 1.82) is 0 Å². The van der Waals surface area contributed by atoms with Gasteiger partial charge in [0.25, 0.3) is 0 Å². The molecule has 104 valence electrons. The molecular formula is C16H23NS2. The monoisotopic (exact) mass is 293 g/mol. The Morgan fingerprint density at radius 3 is 2.74 bits per heavy atom. The zero-order chi connectivity index (χ0) is 13.1. The highest BCUT2D eigenvalue weighted by Crippen LogP contribution is 2.34. The molecule has 1 aliphatic carbocycles. The van der Waals surface area contributed by atoms with E-state index >= 15 is 0 Å². The van der Waals surface area contributed by atoms with E-state index in [2.05, 4.69) is 59.4 Å². The molecule has 0 aromatic heterocycles. The lowest BCUT2D eigenvalue weighted by atomic mass is 9.93. The second kappa shape index (κ2) is 6.55. The molecule has 1 heterocycles. The number of nitrogens with one attached hydrogen (secondary N) is 1. The predicted octanol–water partition coefficient (Wildman–Crippen LogP) is 4.24. The molecule has 3 rings (SSSR count). The molecule has 1 aromatic rings. The molecule has 1 aromatic carbocycles. The summed E-state index contributed by atoms with van der Waals surface area (Å²) in [5.74, 6) is 2.42. The van der Waals surface area contributed by atoms with E-state index < -0.39 is 0 Å². The largest absolute Gasteiger partial charge is 0.306 e. The fourth-order valence-corrected chi connectivity index (χ4v) is 5.13. The Kier molecular flexibility index (Phi) is 4.78. The lowest BCUT2D eigenvalue weighted by Crippen LogP contribution is -2.38. The maximum absolute atomic E-state index is 3.93. The average molecular weight is 294 g/mol. The van der Waals surface area contributed by atoms with Crippen molar-refractivity contribution in [3.8, 4) is 0 Å². The molecule has 19 heavy (non-hydrogen) atoms. The number of rotatable bonds is 3. The molecule has 0 radical (unpaired) electrons. The van der Waals surface area contributed by atoms with Gasteiger partial charge in [0.1, 0.15) is 0 Å². The van der Waals surface area contributed by atoms with Crippen molar-refractivity contribution in [3.63, 3.8) is 0 Å².